The number of nitrogens with one attached hydrogen (secondary N) is 1. The predicted molar refractivity (Wildman–Crippen MR) is 59.1 cm³/mol. The van der Waals surface area contributed by atoms with Crippen molar-refractivity contribution < 1.29 is 9.90 Å². The van der Waals surface area contributed by atoms with Gasteiger partial charge < -0.3 is 10.4 Å². The topological polar surface area (TPSA) is 49.3 Å². The van der Waals surface area contributed by atoms with Gasteiger partial charge in [-0.15, -0.1) is 12.3 Å². The summed E-state index contributed by atoms with van der Waals surface area (Å²) in [4.78, 5) is 11.3. The Hall–Kier alpha value is -1.79. The van der Waals surface area contributed by atoms with E-state index in [4.69, 9.17) is 11.5 Å². The fraction of sp³-hybridized carbons (Fsp3) is 0.250. The van der Waals surface area contributed by atoms with E-state index in [9.17, 15) is 4.79 Å². The van der Waals surface area contributed by atoms with Gasteiger partial charge in [-0.3, -0.25) is 4.79 Å². The van der Waals surface area contributed by atoms with E-state index >= 15 is 0 Å². The van der Waals surface area contributed by atoms with Crippen LogP contribution in [0, 0.1) is 12.3 Å². The molecule has 78 valence electrons. The highest BCUT2D eigenvalue weighted by Gasteiger charge is 2.01. The SMILES string of the molecule is C#CCCC(=O)Nc1cccc(CO)c1. The van der Waals surface area contributed by atoms with Crippen molar-refractivity contribution in [2.45, 2.75) is 19.4 Å². The van der Waals surface area contributed by atoms with Crippen molar-refractivity contribution in [2.24, 2.45) is 0 Å². The molecule has 3 nitrogen and oxygen atoms in total. The molecule has 1 rings (SSSR count). The molecule has 1 amide bonds. The minimum absolute atomic E-state index is 0.0337. The number of terminal acetylenes is 1. The lowest BCUT2D eigenvalue weighted by atomic mass is 10.2. The molecule has 0 radical (unpaired) electrons. The molecular weight excluding hydrogens is 190 g/mol. The number of carbonyl (C=O) groups is 1. The van der Waals surface area contributed by atoms with Gasteiger partial charge in [0.15, 0.2) is 0 Å². The zero-order valence-corrected chi connectivity index (χ0v) is 8.36. The van der Waals surface area contributed by atoms with Gasteiger partial charge in [-0.25, -0.2) is 0 Å². The summed E-state index contributed by atoms with van der Waals surface area (Å²) in [7, 11) is 0. The smallest absolute Gasteiger partial charge is 0.225 e. The standard InChI is InChI=1S/C12H13NO2/c1-2-3-7-12(15)13-11-6-4-5-10(8-11)9-14/h1,4-6,8,14H,3,7,9H2,(H,13,15). The van der Waals surface area contributed by atoms with Crippen molar-refractivity contribution in [3.8, 4) is 12.3 Å². The lowest BCUT2D eigenvalue weighted by molar-refractivity contribution is -0.116. The van der Waals surface area contributed by atoms with Crippen molar-refractivity contribution in [1.29, 1.82) is 0 Å². The van der Waals surface area contributed by atoms with Gasteiger partial charge in [0, 0.05) is 18.5 Å². The Morgan fingerprint density at radius 1 is 1.53 bits per heavy atom. The van der Waals surface area contributed by atoms with E-state index in [-0.39, 0.29) is 12.5 Å². The van der Waals surface area contributed by atoms with Crippen molar-refractivity contribution in [3.63, 3.8) is 0 Å². The van der Waals surface area contributed by atoms with Crippen LogP contribution < -0.4 is 5.32 Å². The van der Waals surface area contributed by atoms with Gasteiger partial charge in [0.2, 0.25) is 5.91 Å². The van der Waals surface area contributed by atoms with Gasteiger partial charge in [0.25, 0.3) is 0 Å². The van der Waals surface area contributed by atoms with E-state index in [1.165, 1.54) is 0 Å². The van der Waals surface area contributed by atoms with Crippen LogP contribution in [0.25, 0.3) is 0 Å². The van der Waals surface area contributed by atoms with Crippen LogP contribution >= 0.6 is 0 Å². The summed E-state index contributed by atoms with van der Waals surface area (Å²) in [6, 6.07) is 7.07. The third kappa shape index (κ3) is 3.84. The zero-order chi connectivity index (χ0) is 11.1. The molecule has 0 saturated carbocycles. The molecule has 0 aliphatic carbocycles. The number of hydrogen-bond acceptors (Lipinski definition) is 2. The van der Waals surface area contributed by atoms with Crippen molar-refractivity contribution in [3.05, 3.63) is 29.8 Å². The van der Waals surface area contributed by atoms with Gasteiger partial charge >= 0.3 is 0 Å². The van der Waals surface area contributed by atoms with Crippen LogP contribution in [0.1, 0.15) is 18.4 Å². The summed E-state index contributed by atoms with van der Waals surface area (Å²) in [6.07, 6.45) is 5.81. The van der Waals surface area contributed by atoms with E-state index in [0.717, 1.165) is 5.56 Å². The third-order valence-electron chi connectivity index (χ3n) is 1.89. The van der Waals surface area contributed by atoms with Crippen LogP contribution in [0.15, 0.2) is 24.3 Å². The summed E-state index contributed by atoms with van der Waals surface area (Å²) in [5, 5.41) is 11.6. The maximum Gasteiger partial charge on any atom is 0.225 e. The monoisotopic (exact) mass is 203 g/mol. The second kappa shape index (κ2) is 5.84. The molecule has 0 heterocycles. The Morgan fingerprint density at radius 2 is 2.33 bits per heavy atom. The summed E-state index contributed by atoms with van der Waals surface area (Å²) < 4.78 is 0. The Labute approximate surface area is 89.1 Å². The van der Waals surface area contributed by atoms with E-state index in [1.54, 1.807) is 24.3 Å². The molecule has 0 atom stereocenters. The van der Waals surface area contributed by atoms with Crippen LogP contribution in [0.3, 0.4) is 0 Å². The first-order valence-electron chi connectivity index (χ1n) is 4.69. The van der Waals surface area contributed by atoms with E-state index < -0.39 is 0 Å². The molecule has 15 heavy (non-hydrogen) atoms. The Kier molecular flexibility index (Phi) is 4.39. The lowest BCUT2D eigenvalue weighted by Gasteiger charge is -2.05. The maximum absolute atomic E-state index is 11.3. The largest absolute Gasteiger partial charge is 0.392 e. The minimum Gasteiger partial charge on any atom is -0.392 e. The molecule has 1 aromatic rings. The Bertz CT molecular complexity index is 379. The van der Waals surface area contributed by atoms with Crippen molar-refractivity contribution >= 4 is 11.6 Å². The normalized spacial score (nSPS) is 9.33. The highest BCUT2D eigenvalue weighted by molar-refractivity contribution is 5.90. The van der Waals surface area contributed by atoms with Crippen LogP contribution in [0.5, 0.6) is 0 Å². The molecule has 2 N–H and O–H groups in total. The molecule has 0 aromatic heterocycles. The fourth-order valence-corrected chi connectivity index (χ4v) is 1.16. The van der Waals surface area contributed by atoms with Crippen LogP contribution in [-0.4, -0.2) is 11.0 Å². The van der Waals surface area contributed by atoms with Gasteiger partial charge in [-0.2, -0.15) is 0 Å². The van der Waals surface area contributed by atoms with Crippen molar-refractivity contribution in [2.75, 3.05) is 5.32 Å². The molecule has 0 fully saturated rings. The van der Waals surface area contributed by atoms with Gasteiger partial charge in [0.05, 0.1) is 6.61 Å². The lowest BCUT2D eigenvalue weighted by Crippen LogP contribution is -2.10. The first-order valence-corrected chi connectivity index (χ1v) is 4.69. The molecular formula is C12H13NO2. The minimum atomic E-state index is -0.108. The average molecular weight is 203 g/mol. The quantitative estimate of drug-likeness (QED) is 0.729. The highest BCUT2D eigenvalue weighted by atomic mass is 16.3. The number of rotatable bonds is 4. The number of benzene rings is 1. The van der Waals surface area contributed by atoms with E-state index in [2.05, 4.69) is 11.2 Å². The van der Waals surface area contributed by atoms with Gasteiger partial charge in [-0.05, 0) is 17.7 Å². The van der Waals surface area contributed by atoms with E-state index in [0.29, 0.717) is 18.5 Å². The predicted octanol–water partition coefficient (Wildman–Crippen LogP) is 1.53. The molecule has 1 aromatic carbocycles. The Morgan fingerprint density at radius 3 is 3.00 bits per heavy atom. The van der Waals surface area contributed by atoms with E-state index in [1.807, 2.05) is 0 Å². The summed E-state index contributed by atoms with van der Waals surface area (Å²) in [5.41, 5.74) is 1.45. The molecule has 0 bridgehead atoms. The Balaban J connectivity index is 2.57. The molecule has 3 heteroatoms. The number of aliphatic hydroxyl groups excluding tert-OH is 1. The fourth-order valence-electron chi connectivity index (χ4n) is 1.16. The second-order valence-corrected chi connectivity index (χ2v) is 3.11. The first-order chi connectivity index (χ1) is 7.26. The van der Waals surface area contributed by atoms with Gasteiger partial charge in [0.1, 0.15) is 0 Å². The summed E-state index contributed by atoms with van der Waals surface area (Å²) >= 11 is 0. The number of amides is 1. The zero-order valence-electron chi connectivity index (χ0n) is 8.36. The number of aliphatic hydroxyl groups is 1. The highest BCUT2D eigenvalue weighted by Crippen LogP contribution is 2.10. The van der Waals surface area contributed by atoms with Crippen LogP contribution in [0.4, 0.5) is 5.69 Å². The summed E-state index contributed by atoms with van der Waals surface area (Å²) in [5.74, 6) is 2.30. The number of anilines is 1. The summed E-state index contributed by atoms with van der Waals surface area (Å²) in [6.45, 7) is -0.0337. The van der Waals surface area contributed by atoms with Crippen molar-refractivity contribution in [1.82, 2.24) is 0 Å². The first kappa shape index (κ1) is 11.3. The van der Waals surface area contributed by atoms with Crippen LogP contribution in [-0.2, 0) is 11.4 Å². The maximum atomic E-state index is 11.3. The third-order valence-corrected chi connectivity index (χ3v) is 1.89. The second-order valence-electron chi connectivity index (χ2n) is 3.11. The molecule has 0 spiro atoms. The van der Waals surface area contributed by atoms with Gasteiger partial charge in [-0.1, -0.05) is 12.1 Å². The average Bonchev–Trinajstić information content (AvgIpc) is 2.26. The molecule has 0 saturated heterocycles. The molecule has 0 unspecified atom stereocenters. The number of hydrogen-bond donors (Lipinski definition) is 2. The molecule has 0 aliphatic heterocycles. The van der Waals surface area contributed by atoms with Crippen LogP contribution in [0.2, 0.25) is 0 Å². The molecule has 0 aliphatic rings. The number of carbonyl (C=O) groups excluding carboxylic acids is 1.